The summed E-state index contributed by atoms with van der Waals surface area (Å²) in [5, 5.41) is 11.3. The number of nitrogens with one attached hydrogen (secondary N) is 1. The van der Waals surface area contributed by atoms with E-state index < -0.39 is 0 Å². The van der Waals surface area contributed by atoms with Gasteiger partial charge in [-0.1, -0.05) is 11.2 Å². The van der Waals surface area contributed by atoms with Gasteiger partial charge in [0.25, 0.3) is 5.89 Å². The number of ether oxygens (including phenoxy) is 3. The quantitative estimate of drug-likeness (QED) is 0.517. The van der Waals surface area contributed by atoms with Crippen LogP contribution in [0, 0.1) is 0 Å². The average molecular weight is 403 g/mol. The highest BCUT2D eigenvalue weighted by Gasteiger charge is 2.16. The third-order valence-corrected chi connectivity index (χ3v) is 4.30. The number of hydrogen-bond acceptors (Lipinski definition) is 9. The van der Waals surface area contributed by atoms with Crippen LogP contribution < -0.4 is 19.5 Å². The van der Waals surface area contributed by atoms with E-state index in [-0.39, 0.29) is 12.6 Å². The molecule has 0 unspecified atom stereocenters. The van der Waals surface area contributed by atoms with Gasteiger partial charge in [-0.15, -0.1) is 5.10 Å². The predicted molar refractivity (Wildman–Crippen MR) is 107 cm³/mol. The van der Waals surface area contributed by atoms with Gasteiger partial charge in [0.05, 0.1) is 5.69 Å². The van der Waals surface area contributed by atoms with Crippen LogP contribution in [0.1, 0.15) is 5.69 Å². The lowest BCUT2D eigenvalue weighted by molar-refractivity contribution is 0.171. The molecule has 30 heavy (non-hydrogen) atoms. The van der Waals surface area contributed by atoms with E-state index in [0.29, 0.717) is 42.0 Å². The van der Waals surface area contributed by atoms with Gasteiger partial charge in [0, 0.05) is 24.1 Å². The average Bonchev–Trinajstić information content (AvgIpc) is 3.27. The maximum absolute atomic E-state index is 5.82. The lowest BCUT2D eigenvalue weighted by Crippen LogP contribution is -2.15. The zero-order valence-electron chi connectivity index (χ0n) is 15.8. The van der Waals surface area contributed by atoms with E-state index in [9.17, 15) is 0 Å². The topological polar surface area (TPSA) is 104 Å². The number of pyridine rings is 2. The Morgan fingerprint density at radius 3 is 2.70 bits per heavy atom. The summed E-state index contributed by atoms with van der Waals surface area (Å²) in [7, 11) is 0. The molecule has 0 radical (unpaired) electrons. The van der Waals surface area contributed by atoms with Crippen LogP contribution in [0.15, 0.2) is 65.3 Å². The molecule has 1 aromatic carbocycles. The molecule has 0 atom stereocenters. The van der Waals surface area contributed by atoms with Gasteiger partial charge in [-0.05, 0) is 36.4 Å². The normalized spacial score (nSPS) is 12.4. The third kappa shape index (κ3) is 3.86. The number of rotatable bonds is 6. The summed E-state index contributed by atoms with van der Waals surface area (Å²) >= 11 is 0. The zero-order valence-corrected chi connectivity index (χ0v) is 15.8. The highest BCUT2D eigenvalue weighted by Crippen LogP contribution is 2.34. The zero-order chi connectivity index (χ0) is 20.2. The van der Waals surface area contributed by atoms with Crippen molar-refractivity contribution < 1.29 is 18.6 Å². The van der Waals surface area contributed by atoms with Crippen molar-refractivity contribution in [3.05, 3.63) is 66.6 Å². The summed E-state index contributed by atoms with van der Waals surface area (Å²) in [6, 6.07) is 15.0. The number of hydrogen-bond donors (Lipinski definition) is 1. The molecule has 0 spiro atoms. The fourth-order valence-electron chi connectivity index (χ4n) is 2.92. The van der Waals surface area contributed by atoms with E-state index in [0.717, 1.165) is 11.4 Å². The fraction of sp³-hybridized carbons (Fsp3) is 0.143. The molecule has 150 valence electrons. The minimum Gasteiger partial charge on any atom is -0.486 e. The Hall–Kier alpha value is -4.14. The Kier molecular flexibility index (Phi) is 4.83. The van der Waals surface area contributed by atoms with Crippen LogP contribution in [-0.2, 0) is 6.61 Å². The van der Waals surface area contributed by atoms with Crippen LogP contribution in [0.3, 0.4) is 0 Å². The SMILES string of the molecule is c1ccc(COc2ncccc2-c2nnc(Nc3ccc4c(c3)OCCO4)o2)nc1. The molecule has 0 fully saturated rings. The molecule has 0 saturated heterocycles. The Bertz CT molecular complexity index is 1150. The summed E-state index contributed by atoms with van der Waals surface area (Å²) in [5.74, 6) is 2.06. The van der Waals surface area contributed by atoms with E-state index in [2.05, 4.69) is 25.5 Å². The number of anilines is 2. The van der Waals surface area contributed by atoms with Gasteiger partial charge in [0.15, 0.2) is 11.5 Å². The van der Waals surface area contributed by atoms with Crippen molar-refractivity contribution in [1.82, 2.24) is 20.2 Å². The summed E-state index contributed by atoms with van der Waals surface area (Å²) in [6.45, 7) is 1.34. The first-order chi connectivity index (χ1) is 14.8. The van der Waals surface area contributed by atoms with Crippen molar-refractivity contribution in [1.29, 1.82) is 0 Å². The minimum atomic E-state index is 0.237. The van der Waals surface area contributed by atoms with Crippen molar-refractivity contribution in [3.8, 4) is 28.8 Å². The molecule has 1 aliphatic heterocycles. The second-order valence-electron chi connectivity index (χ2n) is 6.36. The van der Waals surface area contributed by atoms with E-state index in [1.165, 1.54) is 0 Å². The second-order valence-corrected chi connectivity index (χ2v) is 6.36. The van der Waals surface area contributed by atoms with Gasteiger partial charge in [0.2, 0.25) is 5.88 Å². The third-order valence-electron chi connectivity index (χ3n) is 4.30. The van der Waals surface area contributed by atoms with Gasteiger partial charge in [-0.3, -0.25) is 4.98 Å². The van der Waals surface area contributed by atoms with Crippen molar-refractivity contribution >= 4 is 11.7 Å². The van der Waals surface area contributed by atoms with E-state index in [1.807, 2.05) is 42.5 Å². The van der Waals surface area contributed by atoms with Crippen LogP contribution in [0.5, 0.6) is 17.4 Å². The summed E-state index contributed by atoms with van der Waals surface area (Å²) in [6.07, 6.45) is 3.35. The van der Waals surface area contributed by atoms with Crippen molar-refractivity contribution in [2.45, 2.75) is 6.61 Å². The van der Waals surface area contributed by atoms with Crippen LogP contribution in [0.4, 0.5) is 11.7 Å². The van der Waals surface area contributed by atoms with Crippen LogP contribution >= 0.6 is 0 Å². The molecule has 0 amide bonds. The van der Waals surface area contributed by atoms with Crippen LogP contribution in [0.2, 0.25) is 0 Å². The van der Waals surface area contributed by atoms with Gasteiger partial charge in [-0.2, -0.15) is 0 Å². The van der Waals surface area contributed by atoms with Gasteiger partial charge in [0.1, 0.15) is 25.4 Å². The summed E-state index contributed by atoms with van der Waals surface area (Å²) in [4.78, 5) is 8.53. The maximum atomic E-state index is 5.82. The van der Waals surface area contributed by atoms with Gasteiger partial charge >= 0.3 is 6.01 Å². The molecule has 5 rings (SSSR count). The van der Waals surface area contributed by atoms with Gasteiger partial charge < -0.3 is 23.9 Å². The van der Waals surface area contributed by atoms with Crippen molar-refractivity contribution in [2.24, 2.45) is 0 Å². The molecule has 0 bridgehead atoms. The molecular formula is C21H17N5O4. The fourth-order valence-corrected chi connectivity index (χ4v) is 2.92. The molecule has 1 aliphatic rings. The highest BCUT2D eigenvalue weighted by atomic mass is 16.6. The molecule has 0 saturated carbocycles. The van der Waals surface area contributed by atoms with Crippen molar-refractivity contribution in [3.63, 3.8) is 0 Å². The molecule has 3 aromatic heterocycles. The first-order valence-electron chi connectivity index (χ1n) is 9.33. The molecule has 9 nitrogen and oxygen atoms in total. The Morgan fingerprint density at radius 1 is 0.900 bits per heavy atom. The van der Waals surface area contributed by atoms with Gasteiger partial charge in [-0.25, -0.2) is 4.98 Å². The highest BCUT2D eigenvalue weighted by molar-refractivity contribution is 5.62. The lowest BCUT2D eigenvalue weighted by atomic mass is 10.2. The maximum Gasteiger partial charge on any atom is 0.320 e. The molecule has 9 heteroatoms. The summed E-state index contributed by atoms with van der Waals surface area (Å²) in [5.41, 5.74) is 2.13. The number of nitrogens with zero attached hydrogens (tertiary/aromatic N) is 4. The van der Waals surface area contributed by atoms with Crippen molar-refractivity contribution in [2.75, 3.05) is 18.5 Å². The smallest absolute Gasteiger partial charge is 0.320 e. The standard InChI is InChI=1S/C21H17N5O4/c1-2-8-22-15(4-1)13-29-19-16(5-3-9-23-19)20-25-26-21(30-20)24-14-6-7-17-18(12-14)28-11-10-27-17/h1-9,12H,10-11,13H2,(H,24,26). The Labute approximate surface area is 171 Å². The van der Waals surface area contributed by atoms with Crippen LogP contribution in [-0.4, -0.2) is 33.4 Å². The minimum absolute atomic E-state index is 0.237. The largest absolute Gasteiger partial charge is 0.486 e. The first kappa shape index (κ1) is 17.9. The first-order valence-corrected chi connectivity index (χ1v) is 9.33. The molecule has 1 N–H and O–H groups in total. The molecule has 4 aromatic rings. The van der Waals surface area contributed by atoms with Crippen LogP contribution in [0.25, 0.3) is 11.5 Å². The Balaban J connectivity index is 1.33. The number of fused-ring (bicyclic) bond motifs is 1. The summed E-state index contributed by atoms with van der Waals surface area (Å²) < 4.78 is 22.7. The predicted octanol–water partition coefficient (Wildman–Crippen LogP) is 3.62. The Morgan fingerprint density at radius 2 is 1.80 bits per heavy atom. The lowest BCUT2D eigenvalue weighted by Gasteiger charge is -2.18. The molecule has 0 aliphatic carbocycles. The second kappa shape index (κ2) is 8.08. The number of benzene rings is 1. The monoisotopic (exact) mass is 403 g/mol. The number of aromatic nitrogens is 4. The van der Waals surface area contributed by atoms with E-state index >= 15 is 0 Å². The van der Waals surface area contributed by atoms with E-state index in [4.69, 9.17) is 18.6 Å². The molecule has 4 heterocycles. The van der Waals surface area contributed by atoms with E-state index in [1.54, 1.807) is 18.5 Å². The molecular weight excluding hydrogens is 386 g/mol.